The van der Waals surface area contributed by atoms with Crippen LogP contribution in [0.1, 0.15) is 132 Å². The highest BCUT2D eigenvalue weighted by molar-refractivity contribution is 6.00. The Morgan fingerprint density at radius 3 is 2.34 bits per heavy atom. The number of hydrogen-bond acceptors (Lipinski definition) is 8. The quantitative estimate of drug-likeness (QED) is 0.185. The van der Waals surface area contributed by atoms with Crippen LogP contribution in [0.5, 0.6) is 0 Å². The van der Waals surface area contributed by atoms with Crippen molar-refractivity contribution in [3.8, 4) is 0 Å². The number of likely N-dealkylation sites (N-methyl/N-ethyl adjacent to an activating group) is 1. The maximum atomic E-state index is 14.2. The van der Waals surface area contributed by atoms with Crippen molar-refractivity contribution in [2.75, 3.05) is 20.1 Å². The van der Waals surface area contributed by atoms with Crippen LogP contribution < -0.4 is 5.32 Å². The first-order chi connectivity index (χ1) is 26.1. The molecule has 1 aromatic heterocycles. The van der Waals surface area contributed by atoms with Crippen LogP contribution in [0, 0.1) is 56.2 Å². The number of allylic oxidation sites excluding steroid dienone is 1. The Balaban J connectivity index is 1.30. The summed E-state index contributed by atoms with van der Waals surface area (Å²) in [5.41, 5.74) is 0.729. The van der Waals surface area contributed by atoms with Gasteiger partial charge in [0.15, 0.2) is 5.78 Å². The van der Waals surface area contributed by atoms with Gasteiger partial charge in [-0.05, 0) is 129 Å². The summed E-state index contributed by atoms with van der Waals surface area (Å²) in [6.45, 7) is 20.0. The van der Waals surface area contributed by atoms with Gasteiger partial charge in [-0.3, -0.25) is 24.2 Å². The van der Waals surface area contributed by atoms with Crippen molar-refractivity contribution in [3.05, 3.63) is 41.2 Å². The number of carboxylic acid groups (broad SMARTS) is 1. The van der Waals surface area contributed by atoms with Crippen molar-refractivity contribution in [2.24, 2.45) is 56.2 Å². The van der Waals surface area contributed by atoms with E-state index in [1.807, 2.05) is 12.1 Å². The van der Waals surface area contributed by atoms with Crippen LogP contribution in [-0.2, 0) is 30.5 Å². The molecule has 1 heterocycles. The number of Topliss-reactive ketones (excluding diaryl/α,β-unsaturated/α-hetero) is 1. The molecule has 1 aromatic rings. The summed E-state index contributed by atoms with van der Waals surface area (Å²) >= 11 is 0. The normalized spacial score (nSPS) is 35.5. The molecule has 10 nitrogen and oxygen atoms in total. The fraction of sp³-hybridized carbons (Fsp3) is 0.761. The number of aliphatic hydroxyl groups is 1. The van der Waals surface area contributed by atoms with Crippen LogP contribution in [0.3, 0.4) is 0 Å². The van der Waals surface area contributed by atoms with E-state index in [4.69, 9.17) is 4.74 Å². The molecular weight excluding hydrogens is 707 g/mol. The van der Waals surface area contributed by atoms with E-state index in [9.17, 15) is 29.4 Å². The molecule has 0 aliphatic heterocycles. The lowest BCUT2D eigenvalue weighted by atomic mass is 9.33. The molecule has 9 atom stereocenters. The smallest absolute Gasteiger partial charge is 0.309 e. The molecule has 5 aliphatic carbocycles. The number of fused-ring (bicyclic) bond motifs is 7. The Hall–Kier alpha value is -3.11. The van der Waals surface area contributed by atoms with Crippen molar-refractivity contribution in [3.63, 3.8) is 0 Å². The van der Waals surface area contributed by atoms with Gasteiger partial charge in [0.25, 0.3) is 0 Å². The number of carboxylic acids is 1. The molecule has 0 bridgehead atoms. The average molecular weight is 776 g/mol. The molecule has 0 aromatic carbocycles. The third kappa shape index (κ3) is 6.76. The number of aliphatic carboxylic acids is 1. The van der Waals surface area contributed by atoms with Crippen molar-refractivity contribution in [1.82, 2.24) is 15.2 Å². The number of ether oxygens (including phenoxy) is 1. The fourth-order valence-electron chi connectivity index (χ4n) is 13.5. The highest BCUT2D eigenvalue weighted by atomic mass is 16.5. The Labute approximate surface area is 335 Å². The highest BCUT2D eigenvalue weighted by Gasteiger charge is 2.71. The van der Waals surface area contributed by atoms with E-state index in [1.54, 1.807) is 38.2 Å². The molecule has 56 heavy (non-hydrogen) atoms. The van der Waals surface area contributed by atoms with Crippen LogP contribution in [-0.4, -0.2) is 76.1 Å². The maximum absolute atomic E-state index is 14.2. The lowest BCUT2D eigenvalue weighted by Gasteiger charge is -2.72. The second kappa shape index (κ2) is 14.9. The lowest BCUT2D eigenvalue weighted by Crippen LogP contribution is -2.66. The van der Waals surface area contributed by atoms with E-state index in [0.29, 0.717) is 31.2 Å². The number of carbonyl (C=O) groups is 4. The van der Waals surface area contributed by atoms with E-state index >= 15 is 0 Å². The first-order valence-electron chi connectivity index (χ1n) is 21.3. The van der Waals surface area contributed by atoms with E-state index in [1.165, 1.54) is 5.57 Å². The molecule has 3 N–H and O–H groups in total. The molecule has 0 spiro atoms. The zero-order chi connectivity index (χ0) is 41.2. The van der Waals surface area contributed by atoms with Crippen LogP contribution in [0.2, 0.25) is 0 Å². The average Bonchev–Trinajstić information content (AvgIpc) is 3.43. The van der Waals surface area contributed by atoms with Gasteiger partial charge in [-0.15, -0.1) is 0 Å². The summed E-state index contributed by atoms with van der Waals surface area (Å²) < 4.78 is 6.17. The summed E-state index contributed by atoms with van der Waals surface area (Å²) in [4.78, 5) is 58.7. The van der Waals surface area contributed by atoms with E-state index in [2.05, 4.69) is 58.8 Å². The summed E-state index contributed by atoms with van der Waals surface area (Å²) in [5, 5.41) is 25.2. The van der Waals surface area contributed by atoms with Crippen LogP contribution in [0.4, 0.5) is 0 Å². The molecule has 6 rings (SSSR count). The monoisotopic (exact) mass is 776 g/mol. The Bertz CT molecular complexity index is 1740. The molecule has 5 aliphatic rings. The van der Waals surface area contributed by atoms with Gasteiger partial charge in [-0.25, -0.2) is 0 Å². The molecule has 0 saturated heterocycles. The van der Waals surface area contributed by atoms with Crippen LogP contribution in [0.25, 0.3) is 0 Å². The summed E-state index contributed by atoms with van der Waals surface area (Å²) in [6, 6.07) is 3.80. The van der Waals surface area contributed by atoms with Gasteiger partial charge in [0, 0.05) is 42.7 Å². The third-order valence-electron chi connectivity index (χ3n) is 16.7. The van der Waals surface area contributed by atoms with Gasteiger partial charge in [-0.1, -0.05) is 60.1 Å². The first kappa shape index (κ1) is 42.5. The second-order valence-corrected chi connectivity index (χ2v) is 20.7. The minimum atomic E-state index is -1.18. The van der Waals surface area contributed by atoms with Gasteiger partial charge >= 0.3 is 11.9 Å². The number of aliphatic hydroxyl groups excluding tert-OH is 1. The highest BCUT2D eigenvalue weighted by Crippen LogP contribution is 2.77. The number of hydrogen-bond donors (Lipinski definition) is 3. The van der Waals surface area contributed by atoms with Crippen molar-refractivity contribution in [1.29, 1.82) is 0 Å². The number of aromatic nitrogens is 1. The Morgan fingerprint density at radius 1 is 1.00 bits per heavy atom. The lowest BCUT2D eigenvalue weighted by molar-refractivity contribution is -0.235. The SMILES string of the molecule is CNCC(=O)N(Cc1cccnc1)CC(O)C12CC[C@]3(C)[C@H](CC[C@@H]4[C@@]5(C)CC[C@H](OC(=O)CC(C)(C)C(=O)O)C(C)(C)[C@@H]5CC[C@]43C)C1=C(C(C)C)C(=O)C2. The van der Waals surface area contributed by atoms with Gasteiger partial charge in [0.05, 0.1) is 24.5 Å². The maximum Gasteiger partial charge on any atom is 0.309 e. The summed E-state index contributed by atoms with van der Waals surface area (Å²) in [6.07, 6.45) is 9.77. The molecular formula is C46H69N3O7. The minimum absolute atomic E-state index is 0.0147. The second-order valence-electron chi connectivity index (χ2n) is 20.7. The molecule has 4 saturated carbocycles. The molecule has 1 amide bonds. The van der Waals surface area contributed by atoms with Crippen LogP contribution in [0.15, 0.2) is 35.7 Å². The molecule has 2 unspecified atom stereocenters. The minimum Gasteiger partial charge on any atom is -0.481 e. The number of esters is 1. The van der Waals surface area contributed by atoms with Gasteiger partial charge in [-0.2, -0.15) is 0 Å². The van der Waals surface area contributed by atoms with Crippen molar-refractivity contribution in [2.45, 2.75) is 145 Å². The zero-order valence-corrected chi connectivity index (χ0v) is 35.8. The van der Waals surface area contributed by atoms with Crippen molar-refractivity contribution < 1.29 is 34.1 Å². The topological polar surface area (TPSA) is 146 Å². The number of nitrogens with one attached hydrogen (secondary N) is 1. The van der Waals surface area contributed by atoms with Gasteiger partial charge < -0.3 is 25.2 Å². The number of rotatable bonds is 12. The van der Waals surface area contributed by atoms with Crippen molar-refractivity contribution >= 4 is 23.6 Å². The number of amides is 1. The third-order valence-corrected chi connectivity index (χ3v) is 16.7. The fourth-order valence-corrected chi connectivity index (χ4v) is 13.5. The van der Waals surface area contributed by atoms with Crippen LogP contribution >= 0.6 is 0 Å². The Kier molecular flexibility index (Phi) is 11.3. The van der Waals surface area contributed by atoms with E-state index < -0.39 is 28.9 Å². The number of nitrogens with zero attached hydrogens (tertiary/aromatic N) is 2. The summed E-state index contributed by atoms with van der Waals surface area (Å²) in [7, 11) is 1.75. The predicted octanol–water partition coefficient (Wildman–Crippen LogP) is 7.38. The van der Waals surface area contributed by atoms with Gasteiger partial charge in [0.2, 0.25) is 5.91 Å². The number of ketones is 1. The molecule has 0 radical (unpaired) electrons. The molecule has 4 fully saturated rings. The number of carbonyl (C=O) groups excluding carboxylic acids is 3. The predicted molar refractivity (Wildman–Crippen MR) is 215 cm³/mol. The van der Waals surface area contributed by atoms with E-state index in [0.717, 1.165) is 56.1 Å². The van der Waals surface area contributed by atoms with E-state index in [-0.39, 0.29) is 70.8 Å². The summed E-state index contributed by atoms with van der Waals surface area (Å²) in [5.74, 6) is -0.434. The largest absolute Gasteiger partial charge is 0.481 e. The Morgan fingerprint density at radius 2 is 1.71 bits per heavy atom. The van der Waals surface area contributed by atoms with Gasteiger partial charge in [0.1, 0.15) is 6.10 Å². The molecule has 10 heteroatoms. The molecule has 310 valence electrons. The number of pyridine rings is 1. The first-order valence-corrected chi connectivity index (χ1v) is 21.3. The zero-order valence-electron chi connectivity index (χ0n) is 35.8. The standard InChI is InChI=1S/C46H69N3O7/c1-28(2)38-31(50)22-46(34(51)27-49(36(52)25-47-10)26-29-12-11-21-48-24-29)20-19-44(8)30(39(38)46)13-14-33-43(7)17-16-35(56-37(53)23-41(3,4)40(54)55)42(5,6)32(43)15-18-45(33,44)9/h11-12,21,24,28,30,32-35,47,51H,13-20,22-23,25-27H2,1-10H3,(H,54,55)/t30-,32+,33-,34?,35+,43+,44-,45-,46?/m1/s1.